The van der Waals surface area contributed by atoms with Crippen LogP contribution in [0.5, 0.6) is 5.75 Å². The Bertz CT molecular complexity index is 383. The topological polar surface area (TPSA) is 83.6 Å². The summed E-state index contributed by atoms with van der Waals surface area (Å²) in [7, 11) is 0. The van der Waals surface area contributed by atoms with Gasteiger partial charge < -0.3 is 15.9 Å². The molecule has 0 fully saturated rings. The quantitative estimate of drug-likeness (QED) is 0.699. The number of carboxylic acids is 1. The molecule has 1 aromatic carbocycles. The molecule has 0 spiro atoms. The maximum Gasteiger partial charge on any atom is 0.325 e. The van der Waals surface area contributed by atoms with E-state index in [1.807, 2.05) is 0 Å². The van der Waals surface area contributed by atoms with Crippen molar-refractivity contribution in [2.75, 3.05) is 0 Å². The Labute approximate surface area is 83.7 Å². The number of phenols is 1. The summed E-state index contributed by atoms with van der Waals surface area (Å²) in [5.74, 6) is -3.20. The van der Waals surface area contributed by atoms with E-state index in [2.05, 4.69) is 0 Å². The predicted octanol–water partition coefficient (Wildman–Crippen LogP) is 1.27. The second-order valence-corrected chi connectivity index (χ2v) is 3.02. The molecular weight excluding hydrogens is 213 g/mol. The first-order valence-electron chi connectivity index (χ1n) is 3.60. The van der Waals surface area contributed by atoms with Crippen molar-refractivity contribution in [1.29, 1.82) is 0 Å². The third-order valence-corrected chi connectivity index (χ3v) is 2.01. The first kappa shape index (κ1) is 10.7. The largest absolute Gasteiger partial charge is 0.505 e. The molecule has 4 nitrogen and oxygen atoms in total. The number of rotatable bonds is 2. The summed E-state index contributed by atoms with van der Waals surface area (Å²) in [4.78, 5) is 10.5. The van der Waals surface area contributed by atoms with Crippen molar-refractivity contribution in [3.63, 3.8) is 0 Å². The number of carboxylic acid groups (broad SMARTS) is 1. The van der Waals surface area contributed by atoms with Crippen LogP contribution < -0.4 is 5.73 Å². The summed E-state index contributed by atoms with van der Waals surface area (Å²) in [6, 6.07) is 0.614. The van der Waals surface area contributed by atoms with Gasteiger partial charge in [-0.1, -0.05) is 11.6 Å². The highest BCUT2D eigenvalue weighted by atomic mass is 35.5. The van der Waals surface area contributed by atoms with Gasteiger partial charge in [0.25, 0.3) is 0 Å². The molecule has 0 radical (unpaired) electrons. The van der Waals surface area contributed by atoms with Crippen LogP contribution in [-0.2, 0) is 4.79 Å². The lowest BCUT2D eigenvalue weighted by molar-refractivity contribution is -0.138. The number of phenolic OH excluding ortho intramolecular Hbond substituents is 1. The van der Waals surface area contributed by atoms with Gasteiger partial charge in [-0.15, -0.1) is 0 Å². The smallest absolute Gasteiger partial charge is 0.325 e. The number of benzene rings is 1. The van der Waals surface area contributed by atoms with Crippen molar-refractivity contribution < 1.29 is 19.4 Å². The molecule has 1 aromatic rings. The Kier molecular flexibility index (Phi) is 2.93. The van der Waals surface area contributed by atoms with Crippen molar-refractivity contribution in [3.05, 3.63) is 28.5 Å². The lowest BCUT2D eigenvalue weighted by Gasteiger charge is -2.10. The maximum atomic E-state index is 13.2. The summed E-state index contributed by atoms with van der Waals surface area (Å²) in [5.41, 5.74) is 4.76. The van der Waals surface area contributed by atoms with Crippen molar-refractivity contribution in [2.45, 2.75) is 6.04 Å². The molecule has 14 heavy (non-hydrogen) atoms. The van der Waals surface area contributed by atoms with Crippen LogP contribution in [0.4, 0.5) is 4.39 Å². The fourth-order valence-electron chi connectivity index (χ4n) is 0.966. The summed E-state index contributed by atoms with van der Waals surface area (Å²) < 4.78 is 13.2. The minimum absolute atomic E-state index is 0.129. The maximum absolute atomic E-state index is 13.2. The molecule has 0 aliphatic rings. The molecule has 1 rings (SSSR count). The standard InChI is InChI=1S/C8H7ClFNO3/c9-3-1-2-4(12)6(10)5(3)7(11)8(13)14/h1-2,7,12H,11H2,(H,13,14). The van der Waals surface area contributed by atoms with Gasteiger partial charge in [-0.3, -0.25) is 4.79 Å². The number of nitrogens with two attached hydrogens (primary N) is 1. The second-order valence-electron chi connectivity index (χ2n) is 2.61. The number of carbonyl (C=O) groups is 1. The van der Waals surface area contributed by atoms with Gasteiger partial charge in [-0.25, -0.2) is 4.39 Å². The van der Waals surface area contributed by atoms with Crippen LogP contribution >= 0.6 is 11.6 Å². The molecule has 4 N–H and O–H groups in total. The van der Waals surface area contributed by atoms with Gasteiger partial charge in [-0.2, -0.15) is 0 Å². The highest BCUT2D eigenvalue weighted by Gasteiger charge is 2.23. The van der Waals surface area contributed by atoms with Crippen molar-refractivity contribution in [3.8, 4) is 5.75 Å². The molecule has 0 heterocycles. The van der Waals surface area contributed by atoms with E-state index in [9.17, 15) is 9.18 Å². The van der Waals surface area contributed by atoms with Gasteiger partial charge >= 0.3 is 5.97 Å². The van der Waals surface area contributed by atoms with Gasteiger partial charge in [0, 0.05) is 10.6 Å². The van der Waals surface area contributed by atoms with Gasteiger partial charge in [0.2, 0.25) is 0 Å². The molecule has 1 unspecified atom stereocenters. The minimum atomic E-state index is -1.59. The molecule has 0 aromatic heterocycles. The molecule has 0 aliphatic carbocycles. The molecule has 0 bridgehead atoms. The summed E-state index contributed by atoms with van der Waals surface area (Å²) in [5, 5.41) is 17.4. The number of hydrogen-bond acceptors (Lipinski definition) is 3. The summed E-state index contributed by atoms with van der Waals surface area (Å²) in [6.07, 6.45) is 0. The molecule has 0 saturated carbocycles. The average Bonchev–Trinajstić information content (AvgIpc) is 2.12. The Balaban J connectivity index is 3.32. The van der Waals surface area contributed by atoms with E-state index in [0.717, 1.165) is 6.07 Å². The van der Waals surface area contributed by atoms with Crippen molar-refractivity contribution in [2.24, 2.45) is 5.73 Å². The number of aromatic hydroxyl groups is 1. The molecular formula is C8H7ClFNO3. The Morgan fingerprint density at radius 2 is 2.14 bits per heavy atom. The minimum Gasteiger partial charge on any atom is -0.505 e. The molecule has 6 heteroatoms. The Morgan fingerprint density at radius 3 is 2.64 bits per heavy atom. The fraction of sp³-hybridized carbons (Fsp3) is 0.125. The molecule has 1 atom stereocenters. The van der Waals surface area contributed by atoms with Gasteiger partial charge in [0.15, 0.2) is 11.6 Å². The highest BCUT2D eigenvalue weighted by molar-refractivity contribution is 6.31. The zero-order chi connectivity index (χ0) is 10.9. The van der Waals surface area contributed by atoms with E-state index in [1.54, 1.807) is 0 Å². The molecule has 0 saturated heterocycles. The van der Waals surface area contributed by atoms with Gasteiger partial charge in [0.05, 0.1) is 0 Å². The van der Waals surface area contributed by atoms with Crippen LogP contribution in [0.1, 0.15) is 11.6 Å². The van der Waals surface area contributed by atoms with E-state index in [-0.39, 0.29) is 5.02 Å². The summed E-state index contributed by atoms with van der Waals surface area (Å²) in [6.45, 7) is 0. The first-order valence-corrected chi connectivity index (χ1v) is 3.98. The van der Waals surface area contributed by atoms with Gasteiger partial charge in [0.1, 0.15) is 6.04 Å². The highest BCUT2D eigenvalue weighted by Crippen LogP contribution is 2.30. The van der Waals surface area contributed by atoms with Crippen LogP contribution in [0.25, 0.3) is 0 Å². The van der Waals surface area contributed by atoms with Crippen molar-refractivity contribution in [1.82, 2.24) is 0 Å². The van der Waals surface area contributed by atoms with Crippen LogP contribution in [0.2, 0.25) is 5.02 Å². The van der Waals surface area contributed by atoms with Crippen LogP contribution in [0, 0.1) is 5.82 Å². The monoisotopic (exact) mass is 219 g/mol. The number of halogens is 2. The summed E-state index contributed by atoms with van der Waals surface area (Å²) >= 11 is 5.55. The predicted molar refractivity (Wildman–Crippen MR) is 47.6 cm³/mol. The third kappa shape index (κ3) is 1.78. The number of aliphatic carboxylic acids is 1. The molecule has 76 valence electrons. The molecule has 0 aliphatic heterocycles. The van der Waals surface area contributed by atoms with Gasteiger partial charge in [-0.05, 0) is 12.1 Å². The van der Waals surface area contributed by atoms with Crippen molar-refractivity contribution >= 4 is 17.6 Å². The lowest BCUT2D eigenvalue weighted by atomic mass is 10.1. The van der Waals surface area contributed by atoms with E-state index in [1.165, 1.54) is 6.07 Å². The average molecular weight is 220 g/mol. The zero-order valence-electron chi connectivity index (χ0n) is 6.87. The van der Waals surface area contributed by atoms with Crippen LogP contribution in [0.3, 0.4) is 0 Å². The van der Waals surface area contributed by atoms with E-state index >= 15 is 0 Å². The fourth-order valence-corrected chi connectivity index (χ4v) is 1.23. The SMILES string of the molecule is NC(C(=O)O)c1c(Cl)ccc(O)c1F. The van der Waals surface area contributed by atoms with E-state index in [4.69, 9.17) is 27.5 Å². The zero-order valence-corrected chi connectivity index (χ0v) is 7.62. The Morgan fingerprint density at radius 1 is 1.57 bits per heavy atom. The third-order valence-electron chi connectivity index (χ3n) is 1.68. The normalized spacial score (nSPS) is 12.5. The number of hydrogen-bond donors (Lipinski definition) is 3. The Hall–Kier alpha value is -1.33. The molecule has 0 amide bonds. The lowest BCUT2D eigenvalue weighted by Crippen LogP contribution is -2.22. The first-order chi connectivity index (χ1) is 6.45. The second kappa shape index (κ2) is 3.81. The van der Waals surface area contributed by atoms with E-state index < -0.39 is 29.1 Å². The van der Waals surface area contributed by atoms with Crippen LogP contribution in [0.15, 0.2) is 12.1 Å². The van der Waals surface area contributed by atoms with Crippen LogP contribution in [-0.4, -0.2) is 16.2 Å². The van der Waals surface area contributed by atoms with E-state index in [0.29, 0.717) is 0 Å².